The average molecular weight is 143 g/mol. The minimum absolute atomic E-state index is 0.670. The van der Waals surface area contributed by atoms with Crippen LogP contribution in [-0.2, 0) is 0 Å². The topological polar surface area (TPSA) is 3.24 Å². The molecule has 0 amide bonds. The molecule has 2 aliphatic rings. The molecule has 10 heavy (non-hydrogen) atoms. The molecule has 0 bridgehead atoms. The smallest absolute Gasteiger partial charge is 0.133 e. The Morgan fingerprint density at radius 3 is 2.50 bits per heavy atom. The molecule has 0 unspecified atom stereocenters. The van der Waals surface area contributed by atoms with Crippen LogP contribution in [0.25, 0.3) is 0 Å². The summed E-state index contributed by atoms with van der Waals surface area (Å²) in [6.45, 7) is 4.18. The molecule has 2 rings (SSSR count). The van der Waals surface area contributed by atoms with E-state index in [4.69, 9.17) is 0 Å². The molecule has 1 saturated carbocycles. The lowest BCUT2D eigenvalue weighted by atomic mass is 9.99. The molecule has 2 heteroatoms. The van der Waals surface area contributed by atoms with Crippen molar-refractivity contribution in [1.29, 1.82) is 0 Å². The second-order valence-corrected chi connectivity index (χ2v) is 4.03. The second-order valence-electron chi connectivity index (χ2n) is 4.03. The molecule has 1 saturated heterocycles. The molecule has 1 aliphatic heterocycles. The molecule has 0 N–H and O–H groups in total. The Labute approximate surface area is 61.2 Å². The summed E-state index contributed by atoms with van der Waals surface area (Å²) in [5.74, 6) is 0.913. The Morgan fingerprint density at radius 1 is 1.50 bits per heavy atom. The molecule has 1 aliphatic carbocycles. The van der Waals surface area contributed by atoms with Gasteiger partial charge in [0.15, 0.2) is 0 Å². The van der Waals surface area contributed by atoms with E-state index in [0.29, 0.717) is 13.1 Å². The largest absolute Gasteiger partial charge is 0.297 e. The van der Waals surface area contributed by atoms with Crippen molar-refractivity contribution in [1.82, 2.24) is 4.90 Å². The number of likely N-dealkylation sites (tertiary alicyclic amines) is 1. The lowest BCUT2D eigenvalue weighted by Gasteiger charge is -2.42. The molecule has 0 aromatic heterocycles. The van der Waals surface area contributed by atoms with Crippen molar-refractivity contribution in [2.75, 3.05) is 19.6 Å². The number of hydrogen-bond donors (Lipinski definition) is 0. The zero-order valence-electron chi connectivity index (χ0n) is 6.44. The van der Waals surface area contributed by atoms with E-state index in [1.54, 1.807) is 6.92 Å². The Kier molecular flexibility index (Phi) is 1.28. The monoisotopic (exact) mass is 143 g/mol. The van der Waals surface area contributed by atoms with E-state index in [-0.39, 0.29) is 0 Å². The third-order valence-electron chi connectivity index (χ3n) is 2.32. The van der Waals surface area contributed by atoms with E-state index < -0.39 is 5.67 Å². The number of nitrogens with zero attached hydrogens (tertiary/aromatic N) is 1. The quantitative estimate of drug-likeness (QED) is 0.565. The van der Waals surface area contributed by atoms with Crippen LogP contribution >= 0.6 is 0 Å². The Hall–Kier alpha value is -0.110. The third kappa shape index (κ3) is 1.31. The van der Waals surface area contributed by atoms with Crippen LogP contribution in [0.1, 0.15) is 19.8 Å². The van der Waals surface area contributed by atoms with Crippen LogP contribution in [0.5, 0.6) is 0 Å². The van der Waals surface area contributed by atoms with Gasteiger partial charge in [0.25, 0.3) is 0 Å². The lowest BCUT2D eigenvalue weighted by molar-refractivity contribution is -0.0196. The van der Waals surface area contributed by atoms with Gasteiger partial charge in [-0.25, -0.2) is 4.39 Å². The third-order valence-corrected chi connectivity index (χ3v) is 2.32. The molecule has 0 atom stereocenters. The van der Waals surface area contributed by atoms with E-state index in [1.165, 1.54) is 12.8 Å². The van der Waals surface area contributed by atoms with Crippen molar-refractivity contribution in [3.63, 3.8) is 0 Å². The highest BCUT2D eigenvalue weighted by Crippen LogP contribution is 2.33. The summed E-state index contributed by atoms with van der Waals surface area (Å²) >= 11 is 0. The standard InChI is InChI=1S/C8H14FN/c1-8(9)5-10(6-8)4-7-2-3-7/h7H,2-6H2,1H3. The van der Waals surface area contributed by atoms with Gasteiger partial charge in [0.1, 0.15) is 5.67 Å². The zero-order valence-corrected chi connectivity index (χ0v) is 6.44. The van der Waals surface area contributed by atoms with Crippen LogP contribution < -0.4 is 0 Å². The maximum atomic E-state index is 12.9. The Balaban J connectivity index is 1.69. The predicted molar refractivity (Wildman–Crippen MR) is 38.7 cm³/mol. The van der Waals surface area contributed by atoms with E-state index >= 15 is 0 Å². The van der Waals surface area contributed by atoms with E-state index in [0.717, 1.165) is 12.5 Å². The summed E-state index contributed by atoms with van der Waals surface area (Å²) in [5, 5.41) is 0. The van der Waals surface area contributed by atoms with Crippen LogP contribution in [-0.4, -0.2) is 30.2 Å². The van der Waals surface area contributed by atoms with Crippen molar-refractivity contribution < 1.29 is 4.39 Å². The molecule has 0 aromatic rings. The second kappa shape index (κ2) is 1.94. The van der Waals surface area contributed by atoms with Gasteiger partial charge in [-0.3, -0.25) is 4.90 Å². The van der Waals surface area contributed by atoms with E-state index in [2.05, 4.69) is 4.90 Å². The summed E-state index contributed by atoms with van der Waals surface area (Å²) in [7, 11) is 0. The minimum atomic E-state index is -0.866. The number of rotatable bonds is 2. The van der Waals surface area contributed by atoms with E-state index in [1.807, 2.05) is 0 Å². The van der Waals surface area contributed by atoms with Gasteiger partial charge < -0.3 is 0 Å². The molecule has 1 nitrogen and oxygen atoms in total. The fourth-order valence-electron chi connectivity index (χ4n) is 1.68. The van der Waals surface area contributed by atoms with Gasteiger partial charge in [0.05, 0.1) is 0 Å². The van der Waals surface area contributed by atoms with Crippen molar-refractivity contribution in [3.8, 4) is 0 Å². The van der Waals surface area contributed by atoms with Gasteiger partial charge in [-0.05, 0) is 25.7 Å². The summed E-state index contributed by atoms with van der Waals surface area (Å²) in [4.78, 5) is 2.22. The van der Waals surface area contributed by atoms with Crippen molar-refractivity contribution >= 4 is 0 Å². The zero-order chi connectivity index (χ0) is 7.19. The van der Waals surface area contributed by atoms with Crippen LogP contribution in [0, 0.1) is 5.92 Å². The summed E-state index contributed by atoms with van der Waals surface area (Å²) < 4.78 is 12.9. The molecule has 58 valence electrons. The fourth-order valence-corrected chi connectivity index (χ4v) is 1.68. The summed E-state index contributed by atoms with van der Waals surface area (Å²) in [6.07, 6.45) is 2.75. The first-order valence-corrected chi connectivity index (χ1v) is 4.07. The number of hydrogen-bond acceptors (Lipinski definition) is 1. The Morgan fingerprint density at radius 2 is 2.10 bits per heavy atom. The SMILES string of the molecule is CC1(F)CN(CC2CC2)C1. The maximum absolute atomic E-state index is 12.9. The van der Waals surface area contributed by atoms with Gasteiger partial charge in [-0.15, -0.1) is 0 Å². The highest BCUT2D eigenvalue weighted by Gasteiger charge is 2.40. The first-order chi connectivity index (χ1) is 4.66. The van der Waals surface area contributed by atoms with E-state index in [9.17, 15) is 4.39 Å². The Bertz CT molecular complexity index is 129. The first kappa shape index (κ1) is 6.59. The lowest BCUT2D eigenvalue weighted by Crippen LogP contribution is -2.57. The molecule has 1 heterocycles. The minimum Gasteiger partial charge on any atom is -0.297 e. The normalized spacial score (nSPS) is 31.8. The summed E-state index contributed by atoms with van der Waals surface area (Å²) in [6, 6.07) is 0. The van der Waals surface area contributed by atoms with Gasteiger partial charge in [0.2, 0.25) is 0 Å². The molecule has 0 spiro atoms. The van der Waals surface area contributed by atoms with Crippen molar-refractivity contribution in [2.45, 2.75) is 25.4 Å². The summed E-state index contributed by atoms with van der Waals surface area (Å²) in [5.41, 5.74) is -0.866. The highest BCUT2D eigenvalue weighted by molar-refractivity contribution is 4.94. The van der Waals surface area contributed by atoms with Gasteiger partial charge in [-0.1, -0.05) is 0 Å². The fraction of sp³-hybridized carbons (Fsp3) is 1.00. The maximum Gasteiger partial charge on any atom is 0.133 e. The number of halogens is 1. The van der Waals surface area contributed by atoms with Gasteiger partial charge in [0, 0.05) is 19.6 Å². The molecule has 2 fully saturated rings. The highest BCUT2D eigenvalue weighted by atomic mass is 19.1. The number of alkyl halides is 1. The predicted octanol–water partition coefficient (Wildman–Crippen LogP) is 1.44. The van der Waals surface area contributed by atoms with Crippen LogP contribution in [0.2, 0.25) is 0 Å². The molecule has 0 radical (unpaired) electrons. The van der Waals surface area contributed by atoms with Gasteiger partial charge >= 0.3 is 0 Å². The first-order valence-electron chi connectivity index (χ1n) is 4.07. The van der Waals surface area contributed by atoms with Crippen LogP contribution in [0.4, 0.5) is 4.39 Å². The van der Waals surface area contributed by atoms with Crippen molar-refractivity contribution in [3.05, 3.63) is 0 Å². The molecular formula is C8H14FN. The van der Waals surface area contributed by atoms with Gasteiger partial charge in [-0.2, -0.15) is 0 Å². The van der Waals surface area contributed by atoms with Crippen molar-refractivity contribution in [2.24, 2.45) is 5.92 Å². The molecule has 0 aromatic carbocycles. The molecular weight excluding hydrogens is 129 g/mol. The van der Waals surface area contributed by atoms with Crippen LogP contribution in [0.3, 0.4) is 0 Å². The average Bonchev–Trinajstić information content (AvgIpc) is 2.44. The van der Waals surface area contributed by atoms with Crippen LogP contribution in [0.15, 0.2) is 0 Å².